The van der Waals surface area contributed by atoms with Crippen LogP contribution in [0.5, 0.6) is 0 Å². The molecule has 176 valence electrons. The van der Waals surface area contributed by atoms with E-state index < -0.39 is 29.2 Å². The first-order valence-corrected chi connectivity index (χ1v) is 10.7. The van der Waals surface area contributed by atoms with Crippen LogP contribution in [0.1, 0.15) is 63.0 Å². The fourth-order valence-electron chi connectivity index (χ4n) is 2.65. The van der Waals surface area contributed by atoms with Gasteiger partial charge in [0, 0.05) is 6.42 Å². The van der Waals surface area contributed by atoms with Crippen molar-refractivity contribution < 1.29 is 28.6 Å². The zero-order valence-corrected chi connectivity index (χ0v) is 20.0. The van der Waals surface area contributed by atoms with Gasteiger partial charge in [-0.1, -0.05) is 42.5 Å². The van der Waals surface area contributed by atoms with Gasteiger partial charge in [-0.3, -0.25) is 0 Å². The number of benzene rings is 2. The van der Waals surface area contributed by atoms with Crippen LogP contribution in [-0.2, 0) is 32.0 Å². The molecule has 7 nitrogen and oxygen atoms in total. The zero-order valence-electron chi connectivity index (χ0n) is 20.0. The Kier molecular flexibility index (Phi) is 8.51. The molecule has 0 aliphatic heterocycles. The Hall–Kier alpha value is -3.48. The predicted octanol–water partition coefficient (Wildman–Crippen LogP) is 5.30. The van der Waals surface area contributed by atoms with Gasteiger partial charge in [-0.25, -0.2) is 14.4 Å². The van der Waals surface area contributed by atoms with E-state index in [4.69, 9.17) is 14.2 Å². The second-order valence-corrected chi connectivity index (χ2v) is 9.48. The number of esters is 2. The molecule has 0 radical (unpaired) electrons. The summed E-state index contributed by atoms with van der Waals surface area (Å²) in [7, 11) is 0. The summed E-state index contributed by atoms with van der Waals surface area (Å²) < 4.78 is 15.9. The molecular formula is C26H31NO6. The number of hydrogen-bond donors (Lipinski definition) is 0. The van der Waals surface area contributed by atoms with Crippen LogP contribution in [0.2, 0.25) is 0 Å². The third kappa shape index (κ3) is 9.68. The highest BCUT2D eigenvalue weighted by Gasteiger charge is 2.23. The Labute approximate surface area is 194 Å². The number of nitrogens with zero attached hydrogens (tertiary/aromatic N) is 1. The Morgan fingerprint density at radius 2 is 1.33 bits per heavy atom. The topological polar surface area (TPSA) is 91.3 Å². The van der Waals surface area contributed by atoms with Gasteiger partial charge in [-0.05, 0) is 64.8 Å². The third-order valence-electron chi connectivity index (χ3n) is 4.03. The monoisotopic (exact) mass is 453 g/mol. The number of carbonyl (C=O) groups is 3. The highest BCUT2D eigenvalue weighted by molar-refractivity contribution is 6.38. The maximum Gasteiger partial charge on any atom is 0.434 e. The maximum absolute atomic E-state index is 12.7. The van der Waals surface area contributed by atoms with Crippen LogP contribution in [0.25, 0.3) is 0 Å². The van der Waals surface area contributed by atoms with E-state index in [-0.39, 0.29) is 18.7 Å². The lowest BCUT2D eigenvalue weighted by atomic mass is 10.1. The van der Waals surface area contributed by atoms with Crippen molar-refractivity contribution in [3.05, 3.63) is 71.3 Å². The summed E-state index contributed by atoms with van der Waals surface area (Å²) in [4.78, 5) is 41.0. The molecule has 1 amide bonds. The Morgan fingerprint density at radius 1 is 0.758 bits per heavy atom. The maximum atomic E-state index is 12.7. The van der Waals surface area contributed by atoms with Gasteiger partial charge in [0.1, 0.15) is 23.5 Å². The minimum atomic E-state index is -0.884. The fourth-order valence-corrected chi connectivity index (χ4v) is 2.65. The van der Waals surface area contributed by atoms with E-state index in [9.17, 15) is 14.4 Å². The summed E-state index contributed by atoms with van der Waals surface area (Å²) in [6.07, 6.45) is -0.852. The van der Waals surface area contributed by atoms with Crippen molar-refractivity contribution in [3.63, 3.8) is 0 Å². The lowest BCUT2D eigenvalue weighted by molar-refractivity contribution is -0.146. The Balaban J connectivity index is 2.16. The molecule has 0 aliphatic rings. The molecule has 0 N–H and O–H groups in total. The highest BCUT2D eigenvalue weighted by atomic mass is 16.6. The lowest BCUT2D eigenvalue weighted by Crippen LogP contribution is -2.30. The van der Waals surface area contributed by atoms with E-state index >= 15 is 0 Å². The largest absolute Gasteiger partial charge is 0.456 e. The van der Waals surface area contributed by atoms with Gasteiger partial charge >= 0.3 is 18.0 Å². The number of amides is 1. The molecule has 2 aromatic carbocycles. The van der Waals surface area contributed by atoms with E-state index in [2.05, 4.69) is 4.99 Å². The van der Waals surface area contributed by atoms with Crippen molar-refractivity contribution in [2.75, 3.05) is 0 Å². The predicted molar refractivity (Wildman–Crippen MR) is 125 cm³/mol. The van der Waals surface area contributed by atoms with Crippen LogP contribution in [0.3, 0.4) is 0 Å². The summed E-state index contributed by atoms with van der Waals surface area (Å²) in [5, 5.41) is 0. The molecule has 0 saturated carbocycles. The third-order valence-corrected chi connectivity index (χ3v) is 4.03. The van der Waals surface area contributed by atoms with Gasteiger partial charge in [0.25, 0.3) is 0 Å². The first-order chi connectivity index (χ1) is 15.3. The van der Waals surface area contributed by atoms with E-state index in [1.54, 1.807) is 65.8 Å². The molecular weight excluding hydrogens is 422 g/mol. The van der Waals surface area contributed by atoms with Gasteiger partial charge in [-0.15, -0.1) is 0 Å². The minimum absolute atomic E-state index is 0.0317. The molecule has 0 heterocycles. The number of hydrogen-bond acceptors (Lipinski definition) is 6. The van der Waals surface area contributed by atoms with Crippen LogP contribution in [0.4, 0.5) is 4.79 Å². The molecule has 0 atom stereocenters. The average molecular weight is 454 g/mol. The number of aliphatic imine (C=N–C) groups is 1. The van der Waals surface area contributed by atoms with E-state index in [1.165, 1.54) is 0 Å². The van der Waals surface area contributed by atoms with Gasteiger partial charge in [0.15, 0.2) is 0 Å². The number of carbonyl (C=O) groups excluding carboxylic acids is 3. The molecule has 0 unspecified atom stereocenters. The summed E-state index contributed by atoms with van der Waals surface area (Å²) >= 11 is 0. The lowest BCUT2D eigenvalue weighted by Gasteiger charge is -2.20. The Morgan fingerprint density at radius 3 is 1.88 bits per heavy atom. The number of rotatable bonds is 6. The first kappa shape index (κ1) is 25.8. The van der Waals surface area contributed by atoms with Crippen molar-refractivity contribution in [1.29, 1.82) is 0 Å². The van der Waals surface area contributed by atoms with Crippen LogP contribution in [0, 0.1) is 0 Å². The molecule has 0 saturated heterocycles. The van der Waals surface area contributed by atoms with Gasteiger partial charge < -0.3 is 14.2 Å². The van der Waals surface area contributed by atoms with Crippen LogP contribution in [-0.4, -0.2) is 34.9 Å². The minimum Gasteiger partial charge on any atom is -0.456 e. The van der Waals surface area contributed by atoms with Crippen molar-refractivity contribution in [3.8, 4) is 0 Å². The molecule has 0 fully saturated rings. The molecule has 7 heteroatoms. The second kappa shape index (κ2) is 10.9. The van der Waals surface area contributed by atoms with Crippen LogP contribution >= 0.6 is 0 Å². The quantitative estimate of drug-likeness (QED) is 0.335. The summed E-state index contributed by atoms with van der Waals surface area (Å²) in [5.74, 6) is -1.16. The zero-order chi connectivity index (χ0) is 24.6. The first-order valence-electron chi connectivity index (χ1n) is 10.7. The molecule has 0 spiro atoms. The molecule has 0 aliphatic carbocycles. The molecule has 0 aromatic heterocycles. The highest BCUT2D eigenvalue weighted by Crippen LogP contribution is 2.15. The van der Waals surface area contributed by atoms with Crippen molar-refractivity contribution in [1.82, 2.24) is 0 Å². The SMILES string of the molecule is CC(C)(C)OC(=O)/C(Cc1ccc(C(=O)OC(C)(C)C)cc1)=N/C(=O)OCc1ccccc1. The van der Waals surface area contributed by atoms with E-state index in [0.717, 1.165) is 5.56 Å². The van der Waals surface area contributed by atoms with Gasteiger partial charge in [0.2, 0.25) is 0 Å². The average Bonchev–Trinajstić information content (AvgIpc) is 2.70. The molecule has 0 bridgehead atoms. The van der Waals surface area contributed by atoms with Crippen LogP contribution in [0.15, 0.2) is 59.6 Å². The molecule has 2 aromatic rings. The Bertz CT molecular complexity index is 996. The summed E-state index contributed by atoms with van der Waals surface area (Å²) in [6.45, 7) is 10.6. The smallest absolute Gasteiger partial charge is 0.434 e. The normalized spacial score (nSPS) is 12.1. The number of ether oxygens (including phenoxy) is 3. The van der Waals surface area contributed by atoms with Gasteiger partial charge in [0.05, 0.1) is 5.56 Å². The van der Waals surface area contributed by atoms with E-state index in [1.807, 2.05) is 30.3 Å². The van der Waals surface area contributed by atoms with Gasteiger partial charge in [-0.2, -0.15) is 4.99 Å². The second-order valence-electron chi connectivity index (χ2n) is 9.48. The fraction of sp³-hybridized carbons (Fsp3) is 0.385. The van der Waals surface area contributed by atoms with E-state index in [0.29, 0.717) is 11.1 Å². The summed E-state index contributed by atoms with van der Waals surface area (Å²) in [5.41, 5.74) is 0.402. The van der Waals surface area contributed by atoms with Crippen molar-refractivity contribution in [2.24, 2.45) is 4.99 Å². The van der Waals surface area contributed by atoms with Crippen LogP contribution < -0.4 is 0 Å². The molecule has 2 rings (SSSR count). The summed E-state index contributed by atoms with van der Waals surface area (Å²) in [6, 6.07) is 15.7. The van der Waals surface area contributed by atoms with Crippen molar-refractivity contribution in [2.45, 2.75) is 65.8 Å². The standard InChI is InChI=1S/C26H31NO6/c1-25(2,3)32-22(28)20-14-12-18(13-15-20)16-21(23(29)33-26(4,5)6)27-24(30)31-17-19-10-8-7-9-11-19/h7-15H,16-17H2,1-6H3/b27-21+. The van der Waals surface area contributed by atoms with Crippen molar-refractivity contribution >= 4 is 23.7 Å². The molecule has 33 heavy (non-hydrogen) atoms.